The number of amides is 2. The molecule has 2 aliphatic heterocycles. The van der Waals surface area contributed by atoms with Crippen LogP contribution in [0.2, 0.25) is 0 Å². The van der Waals surface area contributed by atoms with E-state index in [0.717, 1.165) is 37.6 Å². The van der Waals surface area contributed by atoms with E-state index in [0.29, 0.717) is 41.1 Å². The smallest absolute Gasteiger partial charge is 0.262 e. The van der Waals surface area contributed by atoms with Crippen LogP contribution in [0.1, 0.15) is 46.4 Å². The van der Waals surface area contributed by atoms with Crippen LogP contribution in [0.4, 0.5) is 10.1 Å². The topological polar surface area (TPSA) is 75.9 Å². The lowest BCUT2D eigenvalue weighted by molar-refractivity contribution is 0.0125. The summed E-state index contributed by atoms with van der Waals surface area (Å²) in [6.45, 7) is 1.98. The highest BCUT2D eigenvalue weighted by atomic mass is 19.1. The highest BCUT2D eigenvalue weighted by molar-refractivity contribution is 6.26. The van der Waals surface area contributed by atoms with Crippen molar-refractivity contribution in [1.82, 2.24) is 9.80 Å². The van der Waals surface area contributed by atoms with Gasteiger partial charge >= 0.3 is 0 Å². The maximum absolute atomic E-state index is 13.5. The van der Waals surface area contributed by atoms with Crippen LogP contribution in [0.3, 0.4) is 0 Å². The molecule has 2 N–H and O–H groups in total. The molecule has 0 spiro atoms. The number of piperidine rings is 1. The van der Waals surface area contributed by atoms with Gasteiger partial charge in [-0.1, -0.05) is 12.1 Å². The summed E-state index contributed by atoms with van der Waals surface area (Å²) in [5.41, 5.74) is 7.72. The minimum Gasteiger partial charge on any atom is -0.494 e. The molecule has 1 saturated heterocycles. The van der Waals surface area contributed by atoms with Gasteiger partial charge in [-0.2, -0.15) is 0 Å². The molecule has 0 aromatic heterocycles. The van der Waals surface area contributed by atoms with Gasteiger partial charge in [0.1, 0.15) is 11.6 Å². The number of likely N-dealkylation sites (tertiary alicyclic amines) is 1. The fourth-order valence-corrected chi connectivity index (χ4v) is 4.92. The van der Waals surface area contributed by atoms with E-state index in [2.05, 4.69) is 4.90 Å². The summed E-state index contributed by atoms with van der Waals surface area (Å²) in [6, 6.07) is 14.9. The van der Waals surface area contributed by atoms with Gasteiger partial charge in [0.15, 0.2) is 0 Å². The van der Waals surface area contributed by atoms with Gasteiger partial charge in [0.05, 0.1) is 12.8 Å². The minimum atomic E-state index is -0.297. The summed E-state index contributed by atoms with van der Waals surface area (Å²) >= 11 is 0. The number of ether oxygens (including phenoxy) is 1. The standard InChI is InChI=1S/C26H26FN3O3/c27-17-8-10-18(11-9-17)33-16-4-15-29-14-2-1-7-23(29)30-25(31)20-6-3-5-19-22(28)13-12-21(24(19)20)26(30)32/h3,5-6,8-13,23H,1-2,4,7,14-16,28H2. The summed E-state index contributed by atoms with van der Waals surface area (Å²) < 4.78 is 18.8. The predicted octanol–water partition coefficient (Wildman–Crippen LogP) is 4.44. The van der Waals surface area contributed by atoms with E-state index < -0.39 is 0 Å². The average Bonchev–Trinajstić information content (AvgIpc) is 2.83. The van der Waals surface area contributed by atoms with Crippen molar-refractivity contribution in [2.45, 2.75) is 31.8 Å². The second-order valence-corrected chi connectivity index (χ2v) is 8.58. The van der Waals surface area contributed by atoms with E-state index >= 15 is 0 Å². The van der Waals surface area contributed by atoms with E-state index in [1.165, 1.54) is 17.0 Å². The van der Waals surface area contributed by atoms with Crippen molar-refractivity contribution in [3.63, 3.8) is 0 Å². The zero-order chi connectivity index (χ0) is 22.9. The maximum Gasteiger partial charge on any atom is 0.262 e. The van der Waals surface area contributed by atoms with Gasteiger partial charge in [0.2, 0.25) is 0 Å². The molecule has 2 aliphatic rings. The molecule has 3 aromatic carbocycles. The van der Waals surface area contributed by atoms with Crippen molar-refractivity contribution in [1.29, 1.82) is 0 Å². The molecular formula is C26H26FN3O3. The van der Waals surface area contributed by atoms with Crippen LogP contribution < -0.4 is 10.5 Å². The lowest BCUT2D eigenvalue weighted by atomic mass is 9.92. The highest BCUT2D eigenvalue weighted by Gasteiger charge is 2.40. The van der Waals surface area contributed by atoms with Crippen molar-refractivity contribution in [2.75, 3.05) is 25.4 Å². The number of imide groups is 1. The van der Waals surface area contributed by atoms with Crippen LogP contribution in [0.5, 0.6) is 5.75 Å². The Labute approximate surface area is 191 Å². The number of anilines is 1. The third-order valence-electron chi connectivity index (χ3n) is 6.52. The lowest BCUT2D eigenvalue weighted by Crippen LogP contribution is -2.56. The van der Waals surface area contributed by atoms with Crippen molar-refractivity contribution >= 4 is 28.3 Å². The Morgan fingerprint density at radius 1 is 0.970 bits per heavy atom. The summed E-state index contributed by atoms with van der Waals surface area (Å²) in [5, 5.41) is 1.39. The second-order valence-electron chi connectivity index (χ2n) is 8.58. The van der Waals surface area contributed by atoms with Crippen molar-refractivity contribution < 1.29 is 18.7 Å². The molecular weight excluding hydrogens is 421 g/mol. The molecule has 5 rings (SSSR count). The largest absolute Gasteiger partial charge is 0.494 e. The molecule has 7 heteroatoms. The van der Waals surface area contributed by atoms with Gasteiger partial charge in [-0.15, -0.1) is 0 Å². The Morgan fingerprint density at radius 2 is 1.73 bits per heavy atom. The number of hydrogen-bond donors (Lipinski definition) is 1. The molecule has 1 atom stereocenters. The molecule has 0 aliphatic carbocycles. The van der Waals surface area contributed by atoms with Crippen LogP contribution in [0.25, 0.3) is 10.8 Å². The zero-order valence-corrected chi connectivity index (χ0v) is 18.3. The molecule has 0 saturated carbocycles. The molecule has 33 heavy (non-hydrogen) atoms. The first kappa shape index (κ1) is 21.4. The van der Waals surface area contributed by atoms with Crippen LogP contribution in [-0.4, -0.2) is 47.5 Å². The number of rotatable bonds is 6. The quantitative estimate of drug-likeness (QED) is 0.344. The molecule has 3 aromatic rings. The fourth-order valence-electron chi connectivity index (χ4n) is 4.92. The molecule has 170 valence electrons. The summed E-state index contributed by atoms with van der Waals surface area (Å²) in [6.07, 6.45) is 3.17. The summed E-state index contributed by atoms with van der Waals surface area (Å²) in [7, 11) is 0. The van der Waals surface area contributed by atoms with Crippen molar-refractivity contribution in [3.05, 3.63) is 71.5 Å². The SMILES string of the molecule is Nc1ccc2c3c(cccc13)C(=O)N(C1CCCCN1CCCOc1ccc(F)cc1)C2=O. The van der Waals surface area contributed by atoms with Crippen LogP contribution in [-0.2, 0) is 0 Å². The molecule has 2 amide bonds. The number of nitrogens with zero attached hydrogens (tertiary/aromatic N) is 2. The number of benzene rings is 3. The van der Waals surface area contributed by atoms with E-state index in [1.807, 2.05) is 12.1 Å². The van der Waals surface area contributed by atoms with Crippen LogP contribution in [0.15, 0.2) is 54.6 Å². The number of hydrogen-bond acceptors (Lipinski definition) is 5. The van der Waals surface area contributed by atoms with E-state index in [4.69, 9.17) is 10.5 Å². The first-order valence-corrected chi connectivity index (χ1v) is 11.4. The third kappa shape index (κ3) is 3.93. The highest BCUT2D eigenvalue weighted by Crippen LogP contribution is 2.35. The number of halogens is 1. The Bertz CT molecular complexity index is 1190. The normalized spacial score (nSPS) is 18.7. The van der Waals surface area contributed by atoms with Gasteiger partial charge in [0, 0.05) is 40.7 Å². The zero-order valence-electron chi connectivity index (χ0n) is 18.3. The average molecular weight is 448 g/mol. The van der Waals surface area contributed by atoms with Crippen molar-refractivity contribution in [3.8, 4) is 5.75 Å². The molecule has 0 radical (unpaired) electrons. The van der Waals surface area contributed by atoms with Gasteiger partial charge < -0.3 is 10.5 Å². The maximum atomic E-state index is 13.5. The molecule has 2 heterocycles. The van der Waals surface area contributed by atoms with E-state index in [-0.39, 0.29) is 23.8 Å². The first-order chi connectivity index (χ1) is 16.0. The summed E-state index contributed by atoms with van der Waals surface area (Å²) in [5.74, 6) is -0.197. The number of carbonyl (C=O) groups excluding carboxylic acids is 2. The third-order valence-corrected chi connectivity index (χ3v) is 6.52. The van der Waals surface area contributed by atoms with Gasteiger partial charge in [-0.3, -0.25) is 19.4 Å². The molecule has 6 nitrogen and oxygen atoms in total. The lowest BCUT2D eigenvalue weighted by Gasteiger charge is -2.43. The summed E-state index contributed by atoms with van der Waals surface area (Å²) in [4.78, 5) is 30.6. The number of nitrogen functional groups attached to an aromatic ring is 1. The number of nitrogens with two attached hydrogens (primary N) is 1. The van der Waals surface area contributed by atoms with Crippen molar-refractivity contribution in [2.24, 2.45) is 0 Å². The van der Waals surface area contributed by atoms with Gasteiger partial charge in [-0.05, 0) is 68.1 Å². The Hall–Kier alpha value is -3.45. The second kappa shape index (κ2) is 8.83. The molecule has 1 fully saturated rings. The van der Waals surface area contributed by atoms with Gasteiger partial charge in [0.25, 0.3) is 11.8 Å². The van der Waals surface area contributed by atoms with Crippen LogP contribution in [0, 0.1) is 5.82 Å². The Balaban J connectivity index is 1.33. The first-order valence-electron chi connectivity index (χ1n) is 11.4. The molecule has 1 unspecified atom stereocenters. The fraction of sp³-hybridized carbons (Fsp3) is 0.308. The molecule has 0 bridgehead atoms. The van der Waals surface area contributed by atoms with E-state index in [9.17, 15) is 14.0 Å². The number of carbonyl (C=O) groups is 2. The predicted molar refractivity (Wildman–Crippen MR) is 125 cm³/mol. The van der Waals surface area contributed by atoms with Gasteiger partial charge in [-0.25, -0.2) is 4.39 Å². The van der Waals surface area contributed by atoms with Crippen LogP contribution >= 0.6 is 0 Å². The minimum absolute atomic E-state index is 0.261. The monoisotopic (exact) mass is 447 g/mol. The Morgan fingerprint density at radius 3 is 2.52 bits per heavy atom. The Kier molecular flexibility index (Phi) is 5.72. The van der Waals surface area contributed by atoms with E-state index in [1.54, 1.807) is 30.3 Å².